The summed E-state index contributed by atoms with van der Waals surface area (Å²) in [5, 5.41) is 7.42. The molecular weight excluding hydrogens is 207 g/mol. The van der Waals surface area contributed by atoms with E-state index in [9.17, 15) is 0 Å². The average molecular weight is 215 g/mol. The Hall–Kier alpha value is 1.51. The van der Waals surface area contributed by atoms with Gasteiger partial charge in [-0.2, -0.15) is 0 Å². The molecule has 0 amide bonds. The molecule has 0 aromatic carbocycles. The van der Waals surface area contributed by atoms with Crippen LogP contribution in [0.3, 0.4) is 0 Å². The summed E-state index contributed by atoms with van der Waals surface area (Å²) in [4.78, 5) is 9.00. The Balaban J connectivity index is -0.00000000750. The first-order valence-corrected chi connectivity index (χ1v) is 0.928. The van der Waals surface area contributed by atoms with Crippen LogP contribution < -0.4 is 68.4 Å². The summed E-state index contributed by atoms with van der Waals surface area (Å²) in [6.45, 7) is 1.08. The number of rotatable bonds is 0. The Bertz CT molecular complexity index is 37.0. The van der Waals surface area contributed by atoms with E-state index in [0.717, 1.165) is 6.92 Å². The molecule has 0 spiro atoms. The number of halogens is 1. The molecule has 5 N–H and O–H groups in total. The first-order valence-electron chi connectivity index (χ1n) is 0.928. The molecule has 0 aromatic rings. The van der Waals surface area contributed by atoms with Crippen molar-refractivity contribution in [3.63, 3.8) is 0 Å². The number of aliphatic carboxylic acids is 1. The number of hydrogen-bond acceptors (Lipinski definition) is 1. The van der Waals surface area contributed by atoms with E-state index in [1.807, 2.05) is 0 Å². The van der Waals surface area contributed by atoms with Gasteiger partial charge in [-0.1, -0.05) is 0 Å². The van der Waals surface area contributed by atoms with Crippen LogP contribution in [-0.2, 0) is 4.79 Å². The molecule has 0 aromatic heterocycles. The third-order valence-electron chi connectivity index (χ3n) is 0. The molecule has 0 aliphatic rings. The van der Waals surface area contributed by atoms with Crippen molar-refractivity contribution in [1.82, 2.24) is 0 Å². The van der Waals surface area contributed by atoms with Crippen LogP contribution in [-0.4, -0.2) is 22.0 Å². The van der Waals surface area contributed by atoms with E-state index in [4.69, 9.17) is 9.90 Å². The van der Waals surface area contributed by atoms with Gasteiger partial charge in [0.05, 0.1) is 0 Å². The van der Waals surface area contributed by atoms with Crippen molar-refractivity contribution in [2.75, 3.05) is 0 Å². The minimum absolute atomic E-state index is 0. The maximum Gasteiger partial charge on any atom is 1.00 e. The van der Waals surface area contributed by atoms with Crippen molar-refractivity contribution in [2.45, 2.75) is 6.92 Å². The van der Waals surface area contributed by atoms with Gasteiger partial charge in [-0.3, -0.25) is 4.79 Å². The fourth-order valence-electron chi connectivity index (χ4n) is 0. The minimum atomic E-state index is -0.833. The SMILES string of the molecule is CC(=O)O.O.O.[Br-].[K+]. The summed E-state index contributed by atoms with van der Waals surface area (Å²) in [5.41, 5.74) is 0. The van der Waals surface area contributed by atoms with E-state index < -0.39 is 5.97 Å². The van der Waals surface area contributed by atoms with Gasteiger partial charge in [0.1, 0.15) is 0 Å². The van der Waals surface area contributed by atoms with Gasteiger partial charge >= 0.3 is 51.4 Å². The smallest absolute Gasteiger partial charge is 1.00 e. The second-order valence-electron chi connectivity index (χ2n) is 0.519. The quantitative estimate of drug-likeness (QED) is 0.406. The molecule has 48 valence electrons. The largest absolute Gasteiger partial charge is 1.00 e. The molecule has 0 heterocycles. The van der Waals surface area contributed by atoms with Crippen LogP contribution in [0.15, 0.2) is 0 Å². The zero-order valence-corrected chi connectivity index (χ0v) is 9.44. The molecule has 0 aliphatic carbocycles. The third-order valence-corrected chi connectivity index (χ3v) is 0. The Kier molecular flexibility index (Phi) is 99.9. The summed E-state index contributed by atoms with van der Waals surface area (Å²) >= 11 is 0. The van der Waals surface area contributed by atoms with Crippen LogP contribution in [0.5, 0.6) is 0 Å². The molecular formula is C2H8BrKO4. The molecule has 0 saturated heterocycles. The van der Waals surface area contributed by atoms with Crippen molar-refractivity contribution in [3.05, 3.63) is 0 Å². The van der Waals surface area contributed by atoms with Gasteiger partial charge in [0.15, 0.2) is 0 Å². The number of carbonyl (C=O) groups is 1. The molecule has 0 saturated carbocycles. The van der Waals surface area contributed by atoms with Crippen LogP contribution in [0, 0.1) is 0 Å². The van der Waals surface area contributed by atoms with Gasteiger partial charge in [-0.15, -0.1) is 0 Å². The van der Waals surface area contributed by atoms with Crippen LogP contribution >= 0.6 is 0 Å². The molecule has 0 fully saturated rings. The first kappa shape index (κ1) is 33.9. The van der Waals surface area contributed by atoms with Gasteiger partial charge in [0.25, 0.3) is 5.97 Å². The van der Waals surface area contributed by atoms with E-state index in [-0.39, 0.29) is 79.3 Å². The van der Waals surface area contributed by atoms with E-state index in [2.05, 4.69) is 0 Å². The number of carboxylic acid groups (broad SMARTS) is 1. The normalized spacial score (nSPS) is 3.12. The predicted octanol–water partition coefficient (Wildman–Crippen LogP) is -7.55. The van der Waals surface area contributed by atoms with E-state index >= 15 is 0 Å². The number of hydrogen-bond donors (Lipinski definition) is 1. The second-order valence-corrected chi connectivity index (χ2v) is 0.519. The summed E-state index contributed by atoms with van der Waals surface area (Å²) in [6, 6.07) is 0. The Morgan fingerprint density at radius 2 is 1.38 bits per heavy atom. The predicted molar refractivity (Wildman–Crippen MR) is 20.5 cm³/mol. The average Bonchev–Trinajstić information content (AvgIpc) is 0.811. The minimum Gasteiger partial charge on any atom is -1.00 e. The van der Waals surface area contributed by atoms with Gasteiger partial charge in [-0.25, -0.2) is 0 Å². The summed E-state index contributed by atoms with van der Waals surface area (Å²) in [7, 11) is 0. The fraction of sp³-hybridized carbons (Fsp3) is 0.500. The molecule has 0 rings (SSSR count). The van der Waals surface area contributed by atoms with Gasteiger partial charge in [0, 0.05) is 6.92 Å². The van der Waals surface area contributed by atoms with Crippen LogP contribution in [0.25, 0.3) is 0 Å². The van der Waals surface area contributed by atoms with Crippen molar-refractivity contribution in [1.29, 1.82) is 0 Å². The first-order chi connectivity index (χ1) is 1.73. The zero-order valence-electron chi connectivity index (χ0n) is 4.73. The van der Waals surface area contributed by atoms with Crippen molar-refractivity contribution in [3.8, 4) is 0 Å². The van der Waals surface area contributed by atoms with Crippen molar-refractivity contribution < 1.29 is 89.2 Å². The third kappa shape index (κ3) is 140. The monoisotopic (exact) mass is 214 g/mol. The van der Waals surface area contributed by atoms with Gasteiger partial charge in [0.2, 0.25) is 0 Å². The Morgan fingerprint density at radius 3 is 1.38 bits per heavy atom. The molecule has 6 heteroatoms. The topological polar surface area (TPSA) is 100 Å². The van der Waals surface area contributed by atoms with Gasteiger partial charge in [-0.05, 0) is 0 Å². The molecule has 0 aliphatic heterocycles. The van der Waals surface area contributed by atoms with Crippen LogP contribution in [0.4, 0.5) is 0 Å². The maximum absolute atomic E-state index is 9.00. The van der Waals surface area contributed by atoms with E-state index in [0.29, 0.717) is 0 Å². The van der Waals surface area contributed by atoms with Crippen molar-refractivity contribution >= 4 is 5.97 Å². The van der Waals surface area contributed by atoms with E-state index in [1.54, 1.807) is 0 Å². The maximum atomic E-state index is 9.00. The molecule has 0 unspecified atom stereocenters. The molecule has 4 nitrogen and oxygen atoms in total. The van der Waals surface area contributed by atoms with Crippen LogP contribution in [0.2, 0.25) is 0 Å². The molecule has 0 bridgehead atoms. The standard InChI is InChI=1S/C2H4O2.BrH.K.2H2O/c1-2(3)4;;;;/h1H3,(H,3,4);1H;;2*1H2/q;;+1;;/p-1. The van der Waals surface area contributed by atoms with Gasteiger partial charge < -0.3 is 33.0 Å². The van der Waals surface area contributed by atoms with E-state index in [1.165, 1.54) is 0 Å². The summed E-state index contributed by atoms with van der Waals surface area (Å²) in [5.74, 6) is -0.833. The molecule has 0 radical (unpaired) electrons. The molecule has 0 atom stereocenters. The van der Waals surface area contributed by atoms with Crippen molar-refractivity contribution in [2.24, 2.45) is 0 Å². The number of carboxylic acids is 1. The Morgan fingerprint density at radius 1 is 1.38 bits per heavy atom. The zero-order chi connectivity index (χ0) is 3.58. The summed E-state index contributed by atoms with van der Waals surface area (Å²) in [6.07, 6.45) is 0. The fourth-order valence-corrected chi connectivity index (χ4v) is 0. The Labute approximate surface area is 100 Å². The van der Waals surface area contributed by atoms with Crippen LogP contribution in [0.1, 0.15) is 6.92 Å². The molecule has 8 heavy (non-hydrogen) atoms. The summed E-state index contributed by atoms with van der Waals surface area (Å²) < 4.78 is 0. The second kappa shape index (κ2) is 23.6.